The lowest BCUT2D eigenvalue weighted by molar-refractivity contribution is 0.0693. The molecule has 0 aliphatic carbocycles. The Hall–Kier alpha value is -1.53. The molecule has 1 heterocycles. The van der Waals surface area contributed by atoms with E-state index >= 15 is 0 Å². The Morgan fingerprint density at radius 1 is 1.53 bits per heavy atom. The monoisotopic (exact) mass is 269 g/mol. The SMILES string of the molecule is Cn1ncnc1Sc1ccc(Cl)cc1C(=O)O. The van der Waals surface area contributed by atoms with Crippen LogP contribution in [0.2, 0.25) is 5.02 Å². The summed E-state index contributed by atoms with van der Waals surface area (Å²) in [5.41, 5.74) is 0.158. The molecule has 0 aliphatic rings. The minimum Gasteiger partial charge on any atom is -0.478 e. The van der Waals surface area contributed by atoms with Gasteiger partial charge in [0.25, 0.3) is 0 Å². The molecule has 1 N–H and O–H groups in total. The van der Waals surface area contributed by atoms with Gasteiger partial charge in [-0.1, -0.05) is 11.6 Å². The smallest absolute Gasteiger partial charge is 0.336 e. The number of carbonyl (C=O) groups is 1. The van der Waals surface area contributed by atoms with Gasteiger partial charge in [-0.15, -0.1) is 0 Å². The van der Waals surface area contributed by atoms with Gasteiger partial charge in [0.15, 0.2) is 5.16 Å². The van der Waals surface area contributed by atoms with Gasteiger partial charge in [0.2, 0.25) is 0 Å². The van der Waals surface area contributed by atoms with Gasteiger partial charge >= 0.3 is 5.97 Å². The number of aromatic carboxylic acids is 1. The summed E-state index contributed by atoms with van der Waals surface area (Å²) in [6, 6.07) is 4.72. The first kappa shape index (κ1) is 11.9. The molecule has 0 radical (unpaired) electrons. The van der Waals surface area contributed by atoms with Gasteiger partial charge in [0.05, 0.1) is 5.56 Å². The molecule has 0 spiro atoms. The number of halogens is 1. The number of aromatic nitrogens is 3. The molecule has 2 rings (SSSR count). The molecule has 88 valence electrons. The first-order valence-corrected chi connectivity index (χ1v) is 5.82. The van der Waals surface area contributed by atoms with E-state index < -0.39 is 5.97 Å². The number of nitrogens with zero attached hydrogens (tertiary/aromatic N) is 3. The lowest BCUT2D eigenvalue weighted by atomic mass is 10.2. The molecule has 0 saturated carbocycles. The topological polar surface area (TPSA) is 68.0 Å². The Labute approximate surface area is 106 Å². The molecule has 0 atom stereocenters. The van der Waals surface area contributed by atoms with Gasteiger partial charge in [-0.25, -0.2) is 14.5 Å². The summed E-state index contributed by atoms with van der Waals surface area (Å²) in [7, 11) is 1.74. The minimum atomic E-state index is -1.02. The number of aryl methyl sites for hydroxylation is 1. The van der Waals surface area contributed by atoms with Crippen molar-refractivity contribution in [3.8, 4) is 0 Å². The second-order valence-corrected chi connectivity index (χ2v) is 4.66. The summed E-state index contributed by atoms with van der Waals surface area (Å²) in [5.74, 6) is -1.02. The zero-order valence-corrected chi connectivity index (χ0v) is 10.4. The molecule has 1 aromatic carbocycles. The maximum absolute atomic E-state index is 11.1. The zero-order valence-electron chi connectivity index (χ0n) is 8.79. The van der Waals surface area contributed by atoms with Crippen LogP contribution >= 0.6 is 23.4 Å². The van der Waals surface area contributed by atoms with Crippen molar-refractivity contribution >= 4 is 29.3 Å². The van der Waals surface area contributed by atoms with Crippen molar-refractivity contribution in [1.29, 1.82) is 0 Å². The Kier molecular flexibility index (Phi) is 3.35. The Morgan fingerprint density at radius 3 is 2.88 bits per heavy atom. The van der Waals surface area contributed by atoms with Crippen LogP contribution in [0, 0.1) is 0 Å². The van der Waals surface area contributed by atoms with Crippen LogP contribution in [-0.2, 0) is 7.05 Å². The van der Waals surface area contributed by atoms with E-state index in [9.17, 15) is 4.79 Å². The van der Waals surface area contributed by atoms with Gasteiger partial charge in [-0.05, 0) is 30.0 Å². The number of rotatable bonds is 3. The van der Waals surface area contributed by atoms with E-state index in [1.807, 2.05) is 0 Å². The van der Waals surface area contributed by atoms with Gasteiger partial charge in [-0.3, -0.25) is 0 Å². The van der Waals surface area contributed by atoms with Crippen molar-refractivity contribution in [2.45, 2.75) is 10.1 Å². The van der Waals surface area contributed by atoms with E-state index in [0.29, 0.717) is 15.1 Å². The van der Waals surface area contributed by atoms with Gasteiger partial charge in [0.1, 0.15) is 6.33 Å². The molecular weight excluding hydrogens is 262 g/mol. The highest BCUT2D eigenvalue weighted by atomic mass is 35.5. The van der Waals surface area contributed by atoms with Crippen molar-refractivity contribution < 1.29 is 9.90 Å². The maximum Gasteiger partial charge on any atom is 0.336 e. The average molecular weight is 270 g/mol. The molecule has 0 bridgehead atoms. The molecule has 0 unspecified atom stereocenters. The average Bonchev–Trinajstić information content (AvgIpc) is 2.67. The normalized spacial score (nSPS) is 10.5. The molecule has 0 aliphatic heterocycles. The molecule has 0 fully saturated rings. The van der Waals surface area contributed by atoms with Crippen LogP contribution in [0.15, 0.2) is 34.6 Å². The van der Waals surface area contributed by atoms with E-state index in [2.05, 4.69) is 10.1 Å². The summed E-state index contributed by atoms with van der Waals surface area (Å²) < 4.78 is 1.57. The fraction of sp³-hybridized carbons (Fsp3) is 0.100. The van der Waals surface area contributed by atoms with E-state index in [0.717, 1.165) is 0 Å². The van der Waals surface area contributed by atoms with Crippen LogP contribution in [0.1, 0.15) is 10.4 Å². The van der Waals surface area contributed by atoms with Crippen molar-refractivity contribution in [3.05, 3.63) is 35.1 Å². The summed E-state index contributed by atoms with van der Waals surface area (Å²) in [4.78, 5) is 15.7. The first-order valence-electron chi connectivity index (χ1n) is 4.62. The molecule has 0 amide bonds. The summed E-state index contributed by atoms with van der Waals surface area (Å²) >= 11 is 7.00. The zero-order chi connectivity index (χ0) is 12.4. The predicted molar refractivity (Wildman–Crippen MR) is 63.5 cm³/mol. The largest absolute Gasteiger partial charge is 0.478 e. The summed E-state index contributed by atoms with van der Waals surface area (Å²) in [6.07, 6.45) is 1.42. The fourth-order valence-corrected chi connectivity index (χ4v) is 2.27. The fourth-order valence-electron chi connectivity index (χ4n) is 1.23. The number of hydrogen-bond donors (Lipinski definition) is 1. The predicted octanol–water partition coefficient (Wildman–Crippen LogP) is 2.32. The van der Waals surface area contributed by atoms with Gasteiger partial charge in [0, 0.05) is 17.0 Å². The highest BCUT2D eigenvalue weighted by Gasteiger charge is 2.13. The summed E-state index contributed by atoms with van der Waals surface area (Å²) in [6.45, 7) is 0. The molecule has 17 heavy (non-hydrogen) atoms. The second kappa shape index (κ2) is 4.77. The molecule has 2 aromatic rings. The summed E-state index contributed by atoms with van der Waals surface area (Å²) in [5, 5.41) is 14.0. The third-order valence-corrected chi connectivity index (χ3v) is 3.41. The molecule has 7 heteroatoms. The lowest BCUT2D eigenvalue weighted by Gasteiger charge is -2.05. The van der Waals surface area contributed by atoms with Crippen molar-refractivity contribution in [2.24, 2.45) is 7.05 Å². The van der Waals surface area contributed by atoms with Crippen LogP contribution in [0.3, 0.4) is 0 Å². The van der Waals surface area contributed by atoms with E-state index in [4.69, 9.17) is 16.7 Å². The quantitative estimate of drug-likeness (QED) is 0.926. The van der Waals surface area contributed by atoms with Crippen molar-refractivity contribution in [3.63, 3.8) is 0 Å². The Bertz CT molecular complexity index is 570. The van der Waals surface area contributed by atoms with E-state index in [-0.39, 0.29) is 5.56 Å². The van der Waals surface area contributed by atoms with Crippen molar-refractivity contribution in [2.75, 3.05) is 0 Å². The Morgan fingerprint density at radius 2 is 2.29 bits per heavy atom. The Balaban J connectivity index is 2.39. The number of hydrogen-bond acceptors (Lipinski definition) is 4. The highest BCUT2D eigenvalue weighted by Crippen LogP contribution is 2.30. The van der Waals surface area contributed by atoms with Crippen LogP contribution < -0.4 is 0 Å². The van der Waals surface area contributed by atoms with Crippen LogP contribution in [0.5, 0.6) is 0 Å². The van der Waals surface area contributed by atoms with Crippen LogP contribution in [0.4, 0.5) is 0 Å². The number of carboxylic acid groups (broad SMARTS) is 1. The maximum atomic E-state index is 11.1. The molecule has 5 nitrogen and oxygen atoms in total. The van der Waals surface area contributed by atoms with Gasteiger partial charge < -0.3 is 5.11 Å². The lowest BCUT2D eigenvalue weighted by Crippen LogP contribution is -2.00. The second-order valence-electron chi connectivity index (χ2n) is 3.21. The van der Waals surface area contributed by atoms with E-state index in [1.54, 1.807) is 23.9 Å². The number of carboxylic acids is 1. The minimum absolute atomic E-state index is 0.158. The first-order chi connectivity index (χ1) is 8.08. The third kappa shape index (κ3) is 2.59. The molecular formula is C10H8ClN3O2S. The molecule has 0 saturated heterocycles. The highest BCUT2D eigenvalue weighted by molar-refractivity contribution is 7.99. The van der Waals surface area contributed by atoms with Crippen LogP contribution in [0.25, 0.3) is 0 Å². The standard InChI is InChI=1S/C10H8ClN3O2S/c1-14-10(12-5-13-14)17-8-3-2-6(11)4-7(8)9(15)16/h2-5H,1H3,(H,15,16). The van der Waals surface area contributed by atoms with Crippen molar-refractivity contribution in [1.82, 2.24) is 14.8 Å². The van der Waals surface area contributed by atoms with E-state index in [1.165, 1.54) is 24.2 Å². The number of benzene rings is 1. The van der Waals surface area contributed by atoms with Gasteiger partial charge in [-0.2, -0.15) is 5.10 Å². The third-order valence-electron chi connectivity index (χ3n) is 2.04. The molecule has 1 aromatic heterocycles. The van der Waals surface area contributed by atoms with Crippen LogP contribution in [-0.4, -0.2) is 25.8 Å².